The van der Waals surface area contributed by atoms with E-state index in [1.165, 1.54) is 0 Å². The summed E-state index contributed by atoms with van der Waals surface area (Å²) in [5.41, 5.74) is 0.633. The first-order chi connectivity index (χ1) is 11.0. The van der Waals surface area contributed by atoms with E-state index >= 15 is 0 Å². The summed E-state index contributed by atoms with van der Waals surface area (Å²) in [4.78, 5) is 11.1. The molecular weight excluding hydrogens is 363 g/mol. The van der Waals surface area contributed by atoms with E-state index in [0.717, 1.165) is 17.3 Å². The van der Waals surface area contributed by atoms with E-state index < -0.39 is 5.97 Å². The number of hydrogen-bond donors (Lipinski definition) is 2. The first-order valence-electron chi connectivity index (χ1n) is 6.14. The molecular formula is C12H8Cl2N6O2S. The number of H-pyrrole nitrogens is 1. The molecule has 0 saturated carbocycles. The Morgan fingerprint density at radius 2 is 2.04 bits per heavy atom. The average molecular weight is 371 g/mol. The van der Waals surface area contributed by atoms with Crippen LogP contribution in [0.1, 0.15) is 10.5 Å². The van der Waals surface area contributed by atoms with E-state index in [4.69, 9.17) is 28.3 Å². The monoisotopic (exact) mass is 370 g/mol. The summed E-state index contributed by atoms with van der Waals surface area (Å²) >= 11 is 13.0. The van der Waals surface area contributed by atoms with E-state index in [1.807, 2.05) is 0 Å². The molecule has 3 rings (SSSR count). The van der Waals surface area contributed by atoms with Crippen LogP contribution in [0.5, 0.6) is 0 Å². The van der Waals surface area contributed by atoms with Gasteiger partial charge < -0.3 is 9.67 Å². The Kier molecular flexibility index (Phi) is 4.24. The van der Waals surface area contributed by atoms with E-state index in [1.54, 1.807) is 29.8 Å². The highest BCUT2D eigenvalue weighted by Gasteiger charge is 2.19. The summed E-state index contributed by atoms with van der Waals surface area (Å²) in [5, 5.41) is 28.3. The maximum atomic E-state index is 11.1. The highest BCUT2D eigenvalue weighted by atomic mass is 35.5. The van der Waals surface area contributed by atoms with Crippen LogP contribution in [0.4, 0.5) is 0 Å². The first kappa shape index (κ1) is 15.8. The summed E-state index contributed by atoms with van der Waals surface area (Å²) in [6.07, 6.45) is 0. The smallest absolute Gasteiger partial charge is 0.356 e. The number of nitrogens with zero attached hydrogens (tertiary/aromatic N) is 5. The van der Waals surface area contributed by atoms with Crippen molar-refractivity contribution in [2.75, 3.05) is 0 Å². The van der Waals surface area contributed by atoms with Crippen LogP contribution in [0, 0.1) is 0 Å². The van der Waals surface area contributed by atoms with Gasteiger partial charge in [-0.15, -0.1) is 15.3 Å². The third-order valence-electron chi connectivity index (χ3n) is 2.93. The molecule has 1 aromatic carbocycles. The second-order valence-corrected chi connectivity index (χ2v) is 6.16. The quantitative estimate of drug-likeness (QED) is 0.726. The maximum Gasteiger partial charge on any atom is 0.356 e. The molecule has 2 heterocycles. The normalized spacial score (nSPS) is 10.9. The summed E-state index contributed by atoms with van der Waals surface area (Å²) in [6, 6.07) is 5.12. The Bertz CT molecular complexity index is 894. The van der Waals surface area contributed by atoms with E-state index in [2.05, 4.69) is 25.6 Å². The van der Waals surface area contributed by atoms with Gasteiger partial charge in [-0.05, 0) is 30.0 Å². The summed E-state index contributed by atoms with van der Waals surface area (Å²) in [5.74, 6) is -0.587. The van der Waals surface area contributed by atoms with Gasteiger partial charge in [0.1, 0.15) is 0 Å². The Balaban J connectivity index is 1.94. The summed E-state index contributed by atoms with van der Waals surface area (Å²) < 4.78 is 1.70. The Morgan fingerprint density at radius 1 is 1.26 bits per heavy atom. The molecule has 0 fully saturated rings. The van der Waals surface area contributed by atoms with Crippen LogP contribution in [0.15, 0.2) is 28.4 Å². The topological polar surface area (TPSA) is 110 Å². The number of benzene rings is 1. The van der Waals surface area contributed by atoms with Crippen molar-refractivity contribution >= 4 is 40.9 Å². The predicted octanol–water partition coefficient (Wildman–Crippen LogP) is 2.76. The minimum absolute atomic E-state index is 0.103. The summed E-state index contributed by atoms with van der Waals surface area (Å²) in [7, 11) is 1.75. The SMILES string of the molecule is Cn1c(Sc2nn[nH]c2C(=O)O)nnc1-c1ccc(Cl)c(Cl)c1. The highest BCUT2D eigenvalue weighted by molar-refractivity contribution is 7.99. The number of carboxylic acid groups (broad SMARTS) is 1. The molecule has 8 nitrogen and oxygen atoms in total. The van der Waals surface area contributed by atoms with Crippen LogP contribution in [0.25, 0.3) is 11.4 Å². The molecule has 0 bridgehead atoms. The van der Waals surface area contributed by atoms with E-state index in [0.29, 0.717) is 21.0 Å². The van der Waals surface area contributed by atoms with E-state index in [-0.39, 0.29) is 10.7 Å². The molecule has 2 N–H and O–H groups in total. The van der Waals surface area contributed by atoms with Gasteiger partial charge in [0, 0.05) is 12.6 Å². The van der Waals surface area contributed by atoms with Crippen LogP contribution in [0.2, 0.25) is 10.0 Å². The molecule has 0 aliphatic carbocycles. The molecule has 0 unspecified atom stereocenters. The number of halogens is 2. The van der Waals surface area contributed by atoms with Crippen molar-refractivity contribution in [1.82, 2.24) is 30.2 Å². The third kappa shape index (κ3) is 3.03. The zero-order valence-corrected chi connectivity index (χ0v) is 13.8. The number of rotatable bonds is 4. The van der Waals surface area contributed by atoms with Gasteiger partial charge in [0.2, 0.25) is 0 Å². The number of carboxylic acids is 1. The van der Waals surface area contributed by atoms with Gasteiger partial charge in [0.15, 0.2) is 21.7 Å². The summed E-state index contributed by atoms with van der Waals surface area (Å²) in [6.45, 7) is 0. The van der Waals surface area contributed by atoms with Gasteiger partial charge in [0.05, 0.1) is 10.0 Å². The second kappa shape index (κ2) is 6.19. The molecule has 0 amide bonds. The lowest BCUT2D eigenvalue weighted by Gasteiger charge is -2.04. The van der Waals surface area contributed by atoms with Gasteiger partial charge in [-0.3, -0.25) is 5.10 Å². The minimum atomic E-state index is -1.15. The maximum absolute atomic E-state index is 11.1. The Labute approximate surface area is 143 Å². The van der Waals surface area contributed by atoms with Crippen LogP contribution < -0.4 is 0 Å². The fraction of sp³-hybridized carbons (Fsp3) is 0.0833. The zero-order valence-electron chi connectivity index (χ0n) is 11.5. The van der Waals surface area contributed by atoms with Crippen LogP contribution in [-0.4, -0.2) is 41.3 Å². The lowest BCUT2D eigenvalue weighted by atomic mass is 10.2. The Morgan fingerprint density at radius 3 is 2.74 bits per heavy atom. The number of aromatic nitrogens is 6. The average Bonchev–Trinajstić information content (AvgIpc) is 3.11. The van der Waals surface area contributed by atoms with Gasteiger partial charge in [-0.2, -0.15) is 0 Å². The minimum Gasteiger partial charge on any atom is -0.476 e. The number of aromatic carboxylic acids is 1. The second-order valence-electron chi connectivity index (χ2n) is 4.39. The number of nitrogens with one attached hydrogen (secondary N) is 1. The van der Waals surface area contributed by atoms with Crippen LogP contribution in [-0.2, 0) is 7.05 Å². The number of carbonyl (C=O) groups is 1. The van der Waals surface area contributed by atoms with Crippen molar-refractivity contribution in [3.63, 3.8) is 0 Å². The molecule has 0 aliphatic rings. The molecule has 3 aromatic rings. The lowest BCUT2D eigenvalue weighted by Crippen LogP contribution is -2.00. The Hall–Kier alpha value is -2.10. The van der Waals surface area contributed by atoms with Crippen LogP contribution in [0.3, 0.4) is 0 Å². The lowest BCUT2D eigenvalue weighted by molar-refractivity contribution is 0.0686. The van der Waals surface area contributed by atoms with Crippen molar-refractivity contribution in [3.8, 4) is 11.4 Å². The van der Waals surface area contributed by atoms with Crippen molar-refractivity contribution in [3.05, 3.63) is 33.9 Å². The molecule has 23 heavy (non-hydrogen) atoms. The molecule has 0 radical (unpaired) electrons. The molecule has 0 saturated heterocycles. The van der Waals surface area contributed by atoms with E-state index in [9.17, 15) is 4.79 Å². The molecule has 118 valence electrons. The molecule has 0 spiro atoms. The standard InChI is InChI=1S/C12H8Cl2N6O2S/c1-20-9(5-2-3-6(13)7(14)4-5)16-18-12(20)23-10-8(11(21)22)15-19-17-10/h2-4H,1H3,(H,21,22)(H,15,17,19). The van der Waals surface area contributed by atoms with Crippen LogP contribution >= 0.6 is 35.0 Å². The highest BCUT2D eigenvalue weighted by Crippen LogP contribution is 2.31. The molecule has 0 aliphatic heterocycles. The largest absolute Gasteiger partial charge is 0.476 e. The van der Waals surface area contributed by atoms with Crippen molar-refractivity contribution in [2.45, 2.75) is 10.2 Å². The predicted molar refractivity (Wildman–Crippen MR) is 83.9 cm³/mol. The van der Waals surface area contributed by atoms with Gasteiger partial charge in [-0.25, -0.2) is 4.79 Å². The molecule has 2 aromatic heterocycles. The van der Waals surface area contributed by atoms with Gasteiger partial charge in [-0.1, -0.05) is 28.4 Å². The van der Waals surface area contributed by atoms with Crippen molar-refractivity contribution in [1.29, 1.82) is 0 Å². The number of aromatic amines is 1. The van der Waals surface area contributed by atoms with Gasteiger partial charge >= 0.3 is 5.97 Å². The van der Waals surface area contributed by atoms with Crippen molar-refractivity contribution in [2.24, 2.45) is 7.05 Å². The fourth-order valence-electron chi connectivity index (χ4n) is 1.81. The van der Waals surface area contributed by atoms with Gasteiger partial charge in [0.25, 0.3) is 0 Å². The van der Waals surface area contributed by atoms with Crippen molar-refractivity contribution < 1.29 is 9.90 Å². The molecule has 11 heteroatoms. The first-order valence-corrected chi connectivity index (χ1v) is 7.71. The number of hydrogen-bond acceptors (Lipinski definition) is 6. The third-order valence-corrected chi connectivity index (χ3v) is 4.69. The molecule has 0 atom stereocenters. The zero-order chi connectivity index (χ0) is 16.6. The fourth-order valence-corrected chi connectivity index (χ4v) is 2.90.